The largest absolute Gasteiger partial charge is 0.325 e. The molecule has 0 heterocycles. The quantitative estimate of drug-likeness (QED) is 0.577. The molecule has 2 N–H and O–H groups in total. The lowest BCUT2D eigenvalue weighted by Gasteiger charge is -2.01. The van der Waals surface area contributed by atoms with Crippen molar-refractivity contribution in [1.29, 1.82) is 0 Å². The Morgan fingerprint density at radius 3 is 2.00 bits per heavy atom. The van der Waals surface area contributed by atoms with Crippen LogP contribution in [-0.4, -0.2) is 6.04 Å². The van der Waals surface area contributed by atoms with Crippen LogP contribution in [0.15, 0.2) is 11.6 Å². The van der Waals surface area contributed by atoms with E-state index in [0.29, 0.717) is 0 Å². The molecule has 0 aromatic carbocycles. The van der Waals surface area contributed by atoms with Gasteiger partial charge in [-0.25, -0.2) is 0 Å². The first-order valence-electron chi connectivity index (χ1n) is 3.65. The molecular weight excluding hydrogens is 110 g/mol. The van der Waals surface area contributed by atoms with Crippen molar-refractivity contribution in [2.45, 2.75) is 39.7 Å². The zero-order valence-electron chi connectivity index (χ0n) is 6.65. The third-order valence-corrected chi connectivity index (χ3v) is 1.41. The van der Waals surface area contributed by atoms with E-state index in [1.165, 1.54) is 5.57 Å². The van der Waals surface area contributed by atoms with E-state index in [1.54, 1.807) is 0 Å². The van der Waals surface area contributed by atoms with Crippen LogP contribution in [-0.2, 0) is 0 Å². The predicted octanol–water partition coefficient (Wildman–Crippen LogP) is 2.08. The first-order chi connectivity index (χ1) is 4.20. The third kappa shape index (κ3) is 4.22. The maximum absolute atomic E-state index is 5.57. The third-order valence-electron chi connectivity index (χ3n) is 1.41. The molecule has 0 aromatic rings. The van der Waals surface area contributed by atoms with Gasteiger partial charge in [0, 0.05) is 6.04 Å². The fraction of sp³-hybridized carbons (Fsp3) is 0.750. The molecule has 0 fully saturated rings. The molecule has 9 heavy (non-hydrogen) atoms. The second-order valence-electron chi connectivity index (χ2n) is 2.39. The molecular formula is C8H17N. The average Bonchev–Trinajstić information content (AvgIpc) is 1.82. The van der Waals surface area contributed by atoms with Crippen molar-refractivity contribution in [1.82, 2.24) is 0 Å². The lowest BCUT2D eigenvalue weighted by molar-refractivity contribution is 0.873. The van der Waals surface area contributed by atoms with Crippen LogP contribution in [0.1, 0.15) is 33.6 Å². The van der Waals surface area contributed by atoms with E-state index in [9.17, 15) is 0 Å². The second-order valence-corrected chi connectivity index (χ2v) is 2.39. The van der Waals surface area contributed by atoms with Gasteiger partial charge in [0.15, 0.2) is 0 Å². The summed E-state index contributed by atoms with van der Waals surface area (Å²) in [7, 11) is 0. The topological polar surface area (TPSA) is 26.0 Å². The van der Waals surface area contributed by atoms with Gasteiger partial charge in [0.25, 0.3) is 0 Å². The highest BCUT2D eigenvalue weighted by Crippen LogP contribution is 2.05. The first-order valence-corrected chi connectivity index (χ1v) is 3.65. The highest BCUT2D eigenvalue weighted by Gasteiger charge is 1.90. The zero-order valence-corrected chi connectivity index (χ0v) is 6.65. The fourth-order valence-corrected chi connectivity index (χ4v) is 0.857. The minimum absolute atomic E-state index is 0.222. The summed E-state index contributed by atoms with van der Waals surface area (Å²) in [6.07, 6.45) is 4.41. The maximum atomic E-state index is 5.57. The summed E-state index contributed by atoms with van der Waals surface area (Å²) >= 11 is 0. The van der Waals surface area contributed by atoms with Crippen LogP contribution in [0.3, 0.4) is 0 Å². The molecule has 0 spiro atoms. The fourth-order valence-electron chi connectivity index (χ4n) is 0.857. The Bertz CT molecular complexity index is 86.7. The molecule has 54 valence electrons. The summed E-state index contributed by atoms with van der Waals surface area (Å²) in [6.45, 7) is 6.33. The van der Waals surface area contributed by atoms with Crippen LogP contribution in [0.25, 0.3) is 0 Å². The molecule has 1 heteroatoms. The summed E-state index contributed by atoms with van der Waals surface area (Å²) in [4.78, 5) is 0. The number of hydrogen-bond donors (Lipinski definition) is 1. The Labute approximate surface area is 57.9 Å². The van der Waals surface area contributed by atoms with E-state index in [2.05, 4.69) is 19.9 Å². The molecule has 0 amide bonds. The van der Waals surface area contributed by atoms with Crippen molar-refractivity contribution in [2.24, 2.45) is 5.73 Å². The van der Waals surface area contributed by atoms with E-state index in [0.717, 1.165) is 12.8 Å². The van der Waals surface area contributed by atoms with Gasteiger partial charge in [-0.15, -0.1) is 0 Å². The van der Waals surface area contributed by atoms with Crippen molar-refractivity contribution in [2.75, 3.05) is 0 Å². The minimum atomic E-state index is 0.222. The van der Waals surface area contributed by atoms with Crippen LogP contribution in [0.5, 0.6) is 0 Å². The molecule has 0 bridgehead atoms. The molecule has 0 aliphatic rings. The summed E-state index contributed by atoms with van der Waals surface area (Å²) in [5.41, 5.74) is 7.03. The summed E-state index contributed by atoms with van der Waals surface area (Å²) in [5.74, 6) is 0. The van der Waals surface area contributed by atoms with Crippen molar-refractivity contribution in [3.8, 4) is 0 Å². The Morgan fingerprint density at radius 1 is 1.44 bits per heavy atom. The summed E-state index contributed by atoms with van der Waals surface area (Å²) < 4.78 is 0. The smallest absolute Gasteiger partial charge is 0.0197 e. The Balaban J connectivity index is 3.75. The summed E-state index contributed by atoms with van der Waals surface area (Å²) in [6, 6.07) is 0.222. The second kappa shape index (κ2) is 4.57. The number of rotatable bonds is 3. The monoisotopic (exact) mass is 127 g/mol. The van der Waals surface area contributed by atoms with E-state index < -0.39 is 0 Å². The van der Waals surface area contributed by atoms with Crippen molar-refractivity contribution < 1.29 is 0 Å². The number of nitrogens with two attached hydrogens (primary N) is 1. The van der Waals surface area contributed by atoms with Gasteiger partial charge in [-0.1, -0.05) is 25.5 Å². The molecule has 1 nitrogen and oxygen atoms in total. The standard InChI is InChI=1S/C8H17N/c1-4-8(5-2)6-7(3)9/h6-7H,4-5,9H2,1-3H3. The molecule has 0 saturated heterocycles. The molecule has 0 aliphatic heterocycles. The maximum Gasteiger partial charge on any atom is 0.0197 e. The van der Waals surface area contributed by atoms with Gasteiger partial charge in [0.1, 0.15) is 0 Å². The number of hydrogen-bond acceptors (Lipinski definition) is 1. The van der Waals surface area contributed by atoms with Crippen LogP contribution >= 0.6 is 0 Å². The molecule has 0 rings (SSSR count). The molecule has 1 unspecified atom stereocenters. The molecule has 0 radical (unpaired) electrons. The van der Waals surface area contributed by atoms with Gasteiger partial charge < -0.3 is 5.73 Å². The zero-order chi connectivity index (χ0) is 7.28. The first kappa shape index (κ1) is 8.70. The van der Waals surface area contributed by atoms with Crippen LogP contribution in [0.2, 0.25) is 0 Å². The van der Waals surface area contributed by atoms with Crippen LogP contribution in [0.4, 0.5) is 0 Å². The van der Waals surface area contributed by atoms with Crippen LogP contribution < -0.4 is 5.73 Å². The van der Waals surface area contributed by atoms with Gasteiger partial charge in [0.05, 0.1) is 0 Å². The Kier molecular flexibility index (Phi) is 4.41. The van der Waals surface area contributed by atoms with Crippen molar-refractivity contribution >= 4 is 0 Å². The van der Waals surface area contributed by atoms with Crippen LogP contribution in [0, 0.1) is 0 Å². The van der Waals surface area contributed by atoms with Gasteiger partial charge in [0.2, 0.25) is 0 Å². The van der Waals surface area contributed by atoms with E-state index in [4.69, 9.17) is 5.73 Å². The number of allylic oxidation sites excluding steroid dienone is 1. The lowest BCUT2D eigenvalue weighted by atomic mass is 10.1. The predicted molar refractivity (Wildman–Crippen MR) is 42.3 cm³/mol. The molecule has 0 saturated carbocycles. The van der Waals surface area contributed by atoms with E-state index in [-0.39, 0.29) is 6.04 Å². The van der Waals surface area contributed by atoms with E-state index in [1.807, 2.05) is 6.92 Å². The van der Waals surface area contributed by atoms with Gasteiger partial charge in [-0.05, 0) is 19.8 Å². The highest BCUT2D eigenvalue weighted by atomic mass is 14.6. The Morgan fingerprint density at radius 2 is 1.89 bits per heavy atom. The van der Waals surface area contributed by atoms with Gasteiger partial charge in [-0.3, -0.25) is 0 Å². The minimum Gasteiger partial charge on any atom is -0.325 e. The highest BCUT2D eigenvalue weighted by molar-refractivity contribution is 5.03. The van der Waals surface area contributed by atoms with E-state index >= 15 is 0 Å². The van der Waals surface area contributed by atoms with Gasteiger partial charge in [-0.2, -0.15) is 0 Å². The Hall–Kier alpha value is -0.300. The lowest BCUT2D eigenvalue weighted by Crippen LogP contribution is -2.11. The SMILES string of the molecule is CCC(=CC(C)N)CC. The average molecular weight is 127 g/mol. The molecule has 0 aromatic heterocycles. The van der Waals surface area contributed by atoms with Crippen molar-refractivity contribution in [3.63, 3.8) is 0 Å². The molecule has 0 aliphatic carbocycles. The normalized spacial score (nSPS) is 12.9. The van der Waals surface area contributed by atoms with Gasteiger partial charge >= 0.3 is 0 Å². The van der Waals surface area contributed by atoms with Crippen molar-refractivity contribution in [3.05, 3.63) is 11.6 Å². The molecule has 1 atom stereocenters. The summed E-state index contributed by atoms with van der Waals surface area (Å²) in [5, 5.41) is 0.